The molecule has 0 radical (unpaired) electrons. The summed E-state index contributed by atoms with van der Waals surface area (Å²) in [5.74, 6) is 0.00282. The van der Waals surface area contributed by atoms with Crippen molar-refractivity contribution in [3.05, 3.63) is 76.6 Å². The maximum Gasteiger partial charge on any atom is 0.260 e. The highest BCUT2D eigenvalue weighted by atomic mass is 35.5. The molecule has 8 nitrogen and oxygen atoms in total. The fraction of sp³-hybridized carbons (Fsp3) is 0.217. The van der Waals surface area contributed by atoms with Gasteiger partial charge in [-0.25, -0.2) is 13.8 Å². The normalized spacial score (nSPS) is 11.5. The zero-order valence-electron chi connectivity index (χ0n) is 18.7. The van der Waals surface area contributed by atoms with Gasteiger partial charge < -0.3 is 9.30 Å². The van der Waals surface area contributed by atoms with Crippen LogP contribution in [0.25, 0.3) is 5.69 Å². The number of ether oxygens (including phenoxy) is 1. The van der Waals surface area contributed by atoms with Crippen LogP contribution in [0.3, 0.4) is 0 Å². The molecule has 1 N–H and O–H groups in total. The minimum atomic E-state index is -3.69. The first kappa shape index (κ1) is 24.3. The number of carbonyl (C=O) groups excluding carboxylic acids is 1. The third-order valence-electron chi connectivity index (χ3n) is 5.00. The van der Waals surface area contributed by atoms with Crippen molar-refractivity contribution in [1.82, 2.24) is 9.99 Å². The van der Waals surface area contributed by atoms with Crippen molar-refractivity contribution in [2.45, 2.75) is 13.8 Å². The summed E-state index contributed by atoms with van der Waals surface area (Å²) in [6, 6.07) is 15.8. The van der Waals surface area contributed by atoms with Crippen LogP contribution in [0.15, 0.2) is 59.7 Å². The Morgan fingerprint density at radius 2 is 1.85 bits per heavy atom. The van der Waals surface area contributed by atoms with Crippen molar-refractivity contribution in [2.24, 2.45) is 5.10 Å². The second-order valence-electron chi connectivity index (χ2n) is 7.37. The third-order valence-corrected chi connectivity index (χ3v) is 6.46. The number of rotatable bonds is 8. The molecule has 0 bridgehead atoms. The van der Waals surface area contributed by atoms with Crippen LogP contribution >= 0.6 is 11.6 Å². The third kappa shape index (κ3) is 5.74. The number of carbonyl (C=O) groups is 1. The summed E-state index contributed by atoms with van der Waals surface area (Å²) in [6.45, 7) is 3.46. The number of hydrogen-bond donors (Lipinski definition) is 1. The Kier molecular flexibility index (Phi) is 7.45. The molecule has 1 heterocycles. The molecule has 0 saturated heterocycles. The monoisotopic (exact) mass is 488 g/mol. The number of anilines is 1. The molecule has 10 heteroatoms. The van der Waals surface area contributed by atoms with Gasteiger partial charge in [-0.05, 0) is 56.3 Å². The molecule has 0 spiro atoms. The number of nitrogens with one attached hydrogen (secondary N) is 1. The number of hydrogen-bond acceptors (Lipinski definition) is 5. The minimum Gasteiger partial charge on any atom is -0.497 e. The zero-order valence-corrected chi connectivity index (χ0v) is 20.3. The van der Waals surface area contributed by atoms with Gasteiger partial charge in [0.05, 0.1) is 36.0 Å². The number of methoxy groups -OCH3 is 1. The number of aryl methyl sites for hydroxylation is 1. The Morgan fingerprint density at radius 1 is 1.18 bits per heavy atom. The summed E-state index contributed by atoms with van der Waals surface area (Å²) in [5, 5.41) is 4.64. The summed E-state index contributed by atoms with van der Waals surface area (Å²) in [5.41, 5.74) is 6.24. The average Bonchev–Trinajstić information content (AvgIpc) is 3.05. The van der Waals surface area contributed by atoms with Gasteiger partial charge in [-0.1, -0.05) is 23.7 Å². The first-order chi connectivity index (χ1) is 15.6. The maximum absolute atomic E-state index is 12.4. The summed E-state index contributed by atoms with van der Waals surface area (Å²) in [6.07, 6.45) is 2.56. The fourth-order valence-corrected chi connectivity index (χ4v) is 4.49. The summed E-state index contributed by atoms with van der Waals surface area (Å²) in [4.78, 5) is 12.4. The van der Waals surface area contributed by atoms with Crippen molar-refractivity contribution in [3.63, 3.8) is 0 Å². The Labute approximate surface area is 198 Å². The Balaban J connectivity index is 1.74. The first-order valence-corrected chi connectivity index (χ1v) is 12.2. The number of nitrogens with zero attached hydrogens (tertiary/aromatic N) is 3. The van der Waals surface area contributed by atoms with Crippen LogP contribution in [-0.2, 0) is 14.8 Å². The molecule has 0 atom stereocenters. The van der Waals surface area contributed by atoms with Crippen LogP contribution in [0.4, 0.5) is 5.69 Å². The maximum atomic E-state index is 12.4. The highest BCUT2D eigenvalue weighted by Gasteiger charge is 2.21. The Bertz CT molecular complexity index is 1280. The summed E-state index contributed by atoms with van der Waals surface area (Å²) >= 11 is 6.34. The van der Waals surface area contributed by atoms with Crippen LogP contribution in [0.5, 0.6) is 5.75 Å². The molecule has 1 aromatic heterocycles. The lowest BCUT2D eigenvalue weighted by Gasteiger charge is -2.21. The molecule has 174 valence electrons. The van der Waals surface area contributed by atoms with E-state index in [1.54, 1.807) is 24.3 Å². The van der Waals surface area contributed by atoms with Crippen LogP contribution in [0.1, 0.15) is 17.0 Å². The van der Waals surface area contributed by atoms with Gasteiger partial charge >= 0.3 is 0 Å². The predicted molar refractivity (Wildman–Crippen MR) is 131 cm³/mol. The molecular weight excluding hydrogens is 464 g/mol. The van der Waals surface area contributed by atoms with E-state index in [0.29, 0.717) is 16.5 Å². The molecule has 3 rings (SSSR count). The quantitative estimate of drug-likeness (QED) is 0.386. The van der Waals surface area contributed by atoms with Gasteiger partial charge in [-0.15, -0.1) is 0 Å². The van der Waals surface area contributed by atoms with E-state index in [4.69, 9.17) is 16.3 Å². The van der Waals surface area contributed by atoms with Gasteiger partial charge in [0, 0.05) is 17.0 Å². The van der Waals surface area contributed by atoms with E-state index < -0.39 is 22.5 Å². The highest BCUT2D eigenvalue weighted by molar-refractivity contribution is 7.92. The van der Waals surface area contributed by atoms with Gasteiger partial charge in [0.15, 0.2) is 0 Å². The first-order valence-electron chi connectivity index (χ1n) is 9.99. The van der Waals surface area contributed by atoms with E-state index in [-0.39, 0.29) is 0 Å². The number of sulfonamides is 1. The van der Waals surface area contributed by atoms with E-state index in [1.165, 1.54) is 13.3 Å². The largest absolute Gasteiger partial charge is 0.497 e. The molecule has 0 fully saturated rings. The number of amides is 1. The highest BCUT2D eigenvalue weighted by Crippen LogP contribution is 2.25. The van der Waals surface area contributed by atoms with E-state index in [2.05, 4.69) is 10.5 Å². The van der Waals surface area contributed by atoms with Crippen molar-refractivity contribution in [2.75, 3.05) is 24.2 Å². The lowest BCUT2D eigenvalue weighted by atomic mass is 10.2. The standard InChI is InChI=1S/C23H25ClN4O4S/c1-16-13-18(17(2)28(16)22-8-6-5-7-21(22)24)14-25-26-23(29)15-27(33(4,30)31)19-9-11-20(32-3)12-10-19/h5-14H,15H2,1-4H3,(H,26,29)/b25-14-. The molecule has 1 amide bonds. The molecular formula is C23H25ClN4O4S. The Hall–Kier alpha value is -3.30. The predicted octanol–water partition coefficient (Wildman–Crippen LogP) is 3.67. The van der Waals surface area contributed by atoms with E-state index in [0.717, 1.165) is 33.2 Å². The molecule has 0 unspecified atom stereocenters. The van der Waals surface area contributed by atoms with Crippen LogP contribution in [-0.4, -0.2) is 45.0 Å². The van der Waals surface area contributed by atoms with Gasteiger partial charge in [-0.2, -0.15) is 5.10 Å². The number of para-hydroxylation sites is 1. The zero-order chi connectivity index (χ0) is 24.2. The number of halogens is 1. The van der Waals surface area contributed by atoms with Gasteiger partial charge in [0.25, 0.3) is 5.91 Å². The van der Waals surface area contributed by atoms with Gasteiger partial charge in [-0.3, -0.25) is 9.10 Å². The molecule has 33 heavy (non-hydrogen) atoms. The minimum absolute atomic E-state index is 0.348. The van der Waals surface area contributed by atoms with E-state index >= 15 is 0 Å². The van der Waals surface area contributed by atoms with Crippen LogP contribution < -0.4 is 14.5 Å². The smallest absolute Gasteiger partial charge is 0.260 e. The summed E-state index contributed by atoms with van der Waals surface area (Å²) in [7, 11) is -2.18. The molecule has 0 saturated carbocycles. The molecule has 2 aromatic carbocycles. The topological polar surface area (TPSA) is 93.0 Å². The summed E-state index contributed by atoms with van der Waals surface area (Å²) < 4.78 is 32.5. The Morgan fingerprint density at radius 3 is 2.45 bits per heavy atom. The lowest BCUT2D eigenvalue weighted by Crippen LogP contribution is -2.39. The lowest BCUT2D eigenvalue weighted by molar-refractivity contribution is -0.119. The number of benzene rings is 2. The number of hydrazone groups is 1. The van der Waals surface area contributed by atoms with Crippen molar-refractivity contribution in [1.29, 1.82) is 0 Å². The van der Waals surface area contributed by atoms with Crippen molar-refractivity contribution in [3.8, 4) is 11.4 Å². The fourth-order valence-electron chi connectivity index (χ4n) is 3.41. The van der Waals surface area contributed by atoms with E-state index in [1.807, 2.05) is 48.7 Å². The second kappa shape index (κ2) is 10.1. The van der Waals surface area contributed by atoms with Crippen molar-refractivity contribution < 1.29 is 17.9 Å². The second-order valence-corrected chi connectivity index (χ2v) is 9.69. The van der Waals surface area contributed by atoms with Crippen molar-refractivity contribution >= 4 is 39.4 Å². The van der Waals surface area contributed by atoms with Crippen LogP contribution in [0, 0.1) is 13.8 Å². The van der Waals surface area contributed by atoms with Gasteiger partial charge in [0.2, 0.25) is 10.0 Å². The molecule has 3 aromatic rings. The van der Waals surface area contributed by atoms with E-state index in [9.17, 15) is 13.2 Å². The van der Waals surface area contributed by atoms with Gasteiger partial charge in [0.1, 0.15) is 12.3 Å². The van der Waals surface area contributed by atoms with Crippen LogP contribution in [0.2, 0.25) is 5.02 Å². The molecule has 0 aliphatic carbocycles. The molecule has 0 aliphatic rings. The SMILES string of the molecule is COc1ccc(N(CC(=O)N/N=C\c2cc(C)n(-c3ccccc3Cl)c2C)S(C)(=O)=O)cc1. The number of aromatic nitrogens is 1. The molecule has 0 aliphatic heterocycles. The average molecular weight is 489 g/mol.